The van der Waals surface area contributed by atoms with E-state index in [1.54, 1.807) is 7.11 Å². The minimum absolute atomic E-state index is 0.0529. The first-order valence-electron chi connectivity index (χ1n) is 11.2. The summed E-state index contributed by atoms with van der Waals surface area (Å²) in [5, 5.41) is 0. The van der Waals surface area contributed by atoms with Gasteiger partial charge in [-0.15, -0.1) is 0 Å². The third kappa shape index (κ3) is 2.49. The molecule has 0 heterocycles. The molecule has 6 aliphatic rings. The Kier molecular flexibility index (Phi) is 4.21. The molecule has 28 heavy (non-hydrogen) atoms. The molecule has 6 saturated carbocycles. The number of Topliss-reactive ketones (excluding diaryl/α,β-unsaturated/α-hetero) is 1. The SMILES string of the molecule is COC1(CNS(=O)(=O)C[C@@]23CC[C@@H](CC2=O)C3(C)C)C2CC3CC(C2)CC1C3. The van der Waals surface area contributed by atoms with E-state index in [0.29, 0.717) is 37.1 Å². The van der Waals surface area contributed by atoms with E-state index in [0.717, 1.165) is 18.3 Å². The van der Waals surface area contributed by atoms with Crippen molar-refractivity contribution in [1.29, 1.82) is 0 Å². The van der Waals surface area contributed by atoms with Gasteiger partial charge in [0.05, 0.1) is 11.4 Å². The van der Waals surface area contributed by atoms with E-state index >= 15 is 0 Å². The Hall–Kier alpha value is -0.460. The van der Waals surface area contributed by atoms with Crippen molar-refractivity contribution in [3.63, 3.8) is 0 Å². The lowest BCUT2D eigenvalue weighted by molar-refractivity contribution is -0.185. The maximum absolute atomic E-state index is 13.2. The summed E-state index contributed by atoms with van der Waals surface area (Å²) in [6.07, 6.45) is 8.33. The second-order valence-corrected chi connectivity index (χ2v) is 13.0. The van der Waals surface area contributed by atoms with Gasteiger partial charge in [-0.2, -0.15) is 0 Å². The van der Waals surface area contributed by atoms with Gasteiger partial charge in [-0.3, -0.25) is 4.79 Å². The molecule has 6 fully saturated rings. The van der Waals surface area contributed by atoms with Crippen molar-refractivity contribution in [2.45, 2.75) is 70.8 Å². The van der Waals surface area contributed by atoms with E-state index in [1.165, 1.54) is 32.1 Å². The minimum Gasteiger partial charge on any atom is -0.376 e. The van der Waals surface area contributed by atoms with Crippen LogP contribution in [-0.2, 0) is 19.6 Å². The Labute approximate surface area is 169 Å². The average molecular weight is 410 g/mol. The van der Waals surface area contributed by atoms with Crippen LogP contribution in [0.25, 0.3) is 0 Å². The Morgan fingerprint density at radius 3 is 2.11 bits per heavy atom. The summed E-state index contributed by atoms with van der Waals surface area (Å²) < 4.78 is 35.4. The highest BCUT2D eigenvalue weighted by atomic mass is 32.2. The van der Waals surface area contributed by atoms with E-state index in [2.05, 4.69) is 18.6 Å². The largest absolute Gasteiger partial charge is 0.376 e. The molecule has 0 aliphatic heterocycles. The number of rotatable bonds is 6. The van der Waals surface area contributed by atoms with Crippen LogP contribution in [0.1, 0.15) is 65.2 Å². The molecule has 6 heteroatoms. The van der Waals surface area contributed by atoms with Crippen molar-refractivity contribution >= 4 is 15.8 Å². The van der Waals surface area contributed by atoms with E-state index in [4.69, 9.17) is 4.74 Å². The second kappa shape index (κ2) is 6.04. The zero-order valence-corrected chi connectivity index (χ0v) is 18.3. The summed E-state index contributed by atoms with van der Waals surface area (Å²) in [6, 6.07) is 0. The first-order chi connectivity index (χ1) is 13.1. The molecule has 0 saturated heterocycles. The van der Waals surface area contributed by atoms with Crippen LogP contribution < -0.4 is 4.72 Å². The fourth-order valence-electron chi connectivity index (χ4n) is 8.38. The van der Waals surface area contributed by atoms with Gasteiger partial charge in [-0.1, -0.05) is 13.8 Å². The predicted molar refractivity (Wildman–Crippen MR) is 107 cm³/mol. The number of hydrogen-bond donors (Lipinski definition) is 1. The fraction of sp³-hybridized carbons (Fsp3) is 0.955. The minimum atomic E-state index is -3.54. The quantitative estimate of drug-likeness (QED) is 0.731. The first kappa shape index (κ1) is 19.5. The van der Waals surface area contributed by atoms with Crippen LogP contribution >= 0.6 is 0 Å². The van der Waals surface area contributed by atoms with Gasteiger partial charge in [0, 0.05) is 25.5 Å². The maximum atomic E-state index is 13.2. The molecular weight excluding hydrogens is 374 g/mol. The van der Waals surface area contributed by atoms with Gasteiger partial charge in [-0.05, 0) is 80.0 Å². The molecule has 158 valence electrons. The number of carbonyl (C=O) groups is 1. The summed E-state index contributed by atoms with van der Waals surface area (Å²) in [4.78, 5) is 12.8. The Bertz CT molecular complexity index is 760. The van der Waals surface area contributed by atoms with Crippen LogP contribution in [-0.4, -0.2) is 39.2 Å². The van der Waals surface area contributed by atoms with E-state index in [-0.39, 0.29) is 22.6 Å². The molecule has 1 N–H and O–H groups in total. The first-order valence-corrected chi connectivity index (χ1v) is 12.8. The van der Waals surface area contributed by atoms with Crippen LogP contribution in [0.5, 0.6) is 0 Å². The Morgan fingerprint density at radius 2 is 1.64 bits per heavy atom. The lowest BCUT2D eigenvalue weighted by atomic mass is 9.50. The van der Waals surface area contributed by atoms with Crippen LogP contribution in [0, 0.1) is 40.4 Å². The second-order valence-electron chi connectivity index (χ2n) is 11.2. The summed E-state index contributed by atoms with van der Waals surface area (Å²) >= 11 is 0. The van der Waals surface area contributed by atoms with Gasteiger partial charge in [0.15, 0.2) is 0 Å². The van der Waals surface area contributed by atoms with E-state index in [1.807, 2.05) is 0 Å². The van der Waals surface area contributed by atoms with E-state index < -0.39 is 15.4 Å². The maximum Gasteiger partial charge on any atom is 0.212 e. The number of hydrogen-bond acceptors (Lipinski definition) is 4. The van der Waals surface area contributed by atoms with E-state index in [9.17, 15) is 13.2 Å². The summed E-state index contributed by atoms with van der Waals surface area (Å²) in [5.74, 6) is 3.01. The van der Waals surface area contributed by atoms with Crippen molar-refractivity contribution in [3.05, 3.63) is 0 Å². The summed E-state index contributed by atoms with van der Waals surface area (Å²) in [6.45, 7) is 4.56. The van der Waals surface area contributed by atoms with Crippen molar-refractivity contribution < 1.29 is 17.9 Å². The van der Waals surface area contributed by atoms with Crippen molar-refractivity contribution in [2.75, 3.05) is 19.4 Å². The monoisotopic (exact) mass is 409 g/mol. The normalized spacial score (nSPS) is 48.5. The molecule has 0 aromatic heterocycles. The van der Waals surface area contributed by atoms with Crippen LogP contribution in [0.3, 0.4) is 0 Å². The number of carbonyl (C=O) groups excluding carboxylic acids is 1. The van der Waals surface area contributed by atoms with Crippen molar-refractivity contribution in [2.24, 2.45) is 40.4 Å². The number of methoxy groups -OCH3 is 1. The van der Waals surface area contributed by atoms with Gasteiger partial charge in [0.25, 0.3) is 0 Å². The number of nitrogens with one attached hydrogen (secondary N) is 1. The smallest absolute Gasteiger partial charge is 0.212 e. The molecule has 0 aromatic rings. The lowest BCUT2D eigenvalue weighted by Gasteiger charge is -2.60. The number of ketones is 1. The molecule has 2 atom stereocenters. The molecule has 6 aliphatic carbocycles. The highest BCUT2D eigenvalue weighted by molar-refractivity contribution is 7.89. The standard InChI is InChI=1S/C22H35NO4S/c1-20(2)16-4-5-21(20,19(24)11-16)13-28(25,26)23-12-22(27-3)17-7-14-6-15(9-17)10-18(22)8-14/h14-18,23H,4-13H2,1-3H3/t14?,15?,16-,17?,18?,21-,22?/m0/s1. The number of fused-ring (bicyclic) bond motifs is 2. The van der Waals surface area contributed by atoms with Crippen LogP contribution in [0.4, 0.5) is 0 Å². The lowest BCUT2D eigenvalue weighted by Crippen LogP contribution is -2.63. The molecular formula is C22H35NO4S. The molecule has 0 radical (unpaired) electrons. The van der Waals surface area contributed by atoms with Crippen LogP contribution in [0.15, 0.2) is 0 Å². The third-order valence-corrected chi connectivity index (χ3v) is 11.5. The summed E-state index contributed by atoms with van der Waals surface area (Å²) in [5.41, 5.74) is -1.28. The van der Waals surface area contributed by atoms with Crippen molar-refractivity contribution in [3.8, 4) is 0 Å². The summed E-state index contributed by atoms with van der Waals surface area (Å²) in [7, 11) is -1.78. The van der Waals surface area contributed by atoms with Gasteiger partial charge >= 0.3 is 0 Å². The Morgan fingerprint density at radius 1 is 1.04 bits per heavy atom. The van der Waals surface area contributed by atoms with Crippen molar-refractivity contribution in [1.82, 2.24) is 4.72 Å². The highest BCUT2D eigenvalue weighted by Crippen LogP contribution is 2.64. The third-order valence-electron chi connectivity index (χ3n) is 10.0. The molecule has 0 unspecified atom stereocenters. The molecule has 0 spiro atoms. The fourth-order valence-corrected chi connectivity index (χ4v) is 10.3. The van der Waals surface area contributed by atoms with Gasteiger partial charge in [0.1, 0.15) is 5.78 Å². The molecule has 0 aromatic carbocycles. The zero-order valence-electron chi connectivity index (χ0n) is 17.5. The van der Waals surface area contributed by atoms with Crippen LogP contribution in [0.2, 0.25) is 0 Å². The van der Waals surface area contributed by atoms with Gasteiger partial charge < -0.3 is 4.74 Å². The highest BCUT2D eigenvalue weighted by Gasteiger charge is 2.65. The van der Waals surface area contributed by atoms with Gasteiger partial charge in [-0.25, -0.2) is 13.1 Å². The predicted octanol–water partition coefficient (Wildman–Crippen LogP) is 3.14. The van der Waals surface area contributed by atoms with Gasteiger partial charge in [0.2, 0.25) is 10.0 Å². The molecule has 6 bridgehead atoms. The topological polar surface area (TPSA) is 72.5 Å². The number of ether oxygens (including phenoxy) is 1. The molecule has 5 nitrogen and oxygen atoms in total. The number of sulfonamides is 1. The average Bonchev–Trinajstić information content (AvgIpc) is 2.95. The zero-order chi connectivity index (χ0) is 19.9. The Balaban J connectivity index is 1.34. The molecule has 0 amide bonds. The molecule has 6 rings (SSSR count).